The van der Waals surface area contributed by atoms with Crippen molar-refractivity contribution < 1.29 is 0 Å². The summed E-state index contributed by atoms with van der Waals surface area (Å²) < 4.78 is 1.93. The van der Waals surface area contributed by atoms with Gasteiger partial charge in [-0.2, -0.15) is 5.10 Å². The average molecular weight is 390 g/mol. The molecular formula is C19H21Cl2N5. The van der Waals surface area contributed by atoms with Crippen LogP contribution in [0, 0.1) is 0 Å². The molecule has 0 spiro atoms. The second kappa shape index (κ2) is 7.53. The van der Waals surface area contributed by atoms with Gasteiger partial charge in [0.1, 0.15) is 0 Å². The second-order valence-corrected chi connectivity index (χ2v) is 7.49. The van der Waals surface area contributed by atoms with Crippen molar-refractivity contribution in [2.24, 2.45) is 5.73 Å². The van der Waals surface area contributed by atoms with Gasteiger partial charge in [-0.1, -0.05) is 35.3 Å². The number of nitrogens with zero attached hydrogens (tertiary/aromatic N) is 4. The number of rotatable bonds is 5. The first-order chi connectivity index (χ1) is 12.7. The van der Waals surface area contributed by atoms with E-state index in [2.05, 4.69) is 16.0 Å². The molecule has 1 saturated heterocycles. The minimum atomic E-state index is 0.388. The smallest absolute Gasteiger partial charge is 0.158 e. The molecule has 0 radical (unpaired) electrons. The minimum absolute atomic E-state index is 0.388. The monoisotopic (exact) mass is 389 g/mol. The summed E-state index contributed by atoms with van der Waals surface area (Å²) in [7, 11) is 0. The van der Waals surface area contributed by atoms with E-state index < -0.39 is 0 Å². The van der Waals surface area contributed by atoms with Crippen LogP contribution in [0.25, 0.3) is 11.0 Å². The van der Waals surface area contributed by atoms with Crippen LogP contribution < -0.4 is 5.73 Å². The first-order valence-corrected chi connectivity index (χ1v) is 9.59. The Hall–Kier alpha value is -1.66. The second-order valence-electron chi connectivity index (χ2n) is 6.71. The third kappa shape index (κ3) is 3.32. The summed E-state index contributed by atoms with van der Waals surface area (Å²) in [6.07, 6.45) is 2.88. The highest BCUT2D eigenvalue weighted by atomic mass is 35.5. The maximum Gasteiger partial charge on any atom is 0.158 e. The fourth-order valence-corrected chi connectivity index (χ4v) is 4.10. The fourth-order valence-electron chi connectivity index (χ4n) is 3.72. The average Bonchev–Trinajstić information content (AvgIpc) is 3.24. The zero-order chi connectivity index (χ0) is 18.1. The molecule has 0 amide bonds. The Morgan fingerprint density at radius 1 is 1.19 bits per heavy atom. The van der Waals surface area contributed by atoms with Gasteiger partial charge in [-0.05, 0) is 36.7 Å². The molecule has 1 aliphatic heterocycles. The van der Waals surface area contributed by atoms with E-state index in [9.17, 15) is 0 Å². The Morgan fingerprint density at radius 2 is 2.08 bits per heavy atom. The first kappa shape index (κ1) is 17.7. The van der Waals surface area contributed by atoms with Gasteiger partial charge >= 0.3 is 0 Å². The van der Waals surface area contributed by atoms with Crippen molar-refractivity contribution in [3.63, 3.8) is 0 Å². The largest absolute Gasteiger partial charge is 0.329 e. The van der Waals surface area contributed by atoms with Crippen LogP contribution in [-0.2, 0) is 13.1 Å². The maximum atomic E-state index is 6.35. The molecule has 1 atom stereocenters. The van der Waals surface area contributed by atoms with Crippen LogP contribution in [0.5, 0.6) is 0 Å². The Morgan fingerprint density at radius 3 is 2.92 bits per heavy atom. The lowest BCUT2D eigenvalue weighted by Gasteiger charge is -2.17. The minimum Gasteiger partial charge on any atom is -0.329 e. The van der Waals surface area contributed by atoms with Crippen molar-refractivity contribution in [1.82, 2.24) is 19.7 Å². The number of pyridine rings is 1. The van der Waals surface area contributed by atoms with Crippen molar-refractivity contribution in [3.8, 4) is 0 Å². The summed E-state index contributed by atoms with van der Waals surface area (Å²) in [6.45, 7) is 4.00. The zero-order valence-corrected chi connectivity index (χ0v) is 15.9. The van der Waals surface area contributed by atoms with Gasteiger partial charge in [-0.15, -0.1) is 0 Å². The number of hydrogen-bond acceptors (Lipinski definition) is 4. The van der Waals surface area contributed by atoms with Gasteiger partial charge in [0.25, 0.3) is 0 Å². The molecule has 1 aliphatic rings. The first-order valence-electron chi connectivity index (χ1n) is 8.84. The van der Waals surface area contributed by atoms with Gasteiger partial charge in [-0.25, -0.2) is 9.67 Å². The molecule has 0 aliphatic carbocycles. The number of benzene rings is 1. The lowest BCUT2D eigenvalue weighted by molar-refractivity contribution is 0.326. The number of halogens is 2. The SMILES string of the molecule is NCCn1nc(C2CCN(Cc3cccc(Cl)c3Cl)C2)c2cccnc21. The van der Waals surface area contributed by atoms with Crippen LogP contribution >= 0.6 is 23.2 Å². The Kier molecular flexibility index (Phi) is 5.14. The summed E-state index contributed by atoms with van der Waals surface area (Å²) in [6, 6.07) is 9.89. The van der Waals surface area contributed by atoms with E-state index in [-0.39, 0.29) is 0 Å². The van der Waals surface area contributed by atoms with Gasteiger partial charge < -0.3 is 5.73 Å². The van der Waals surface area contributed by atoms with Gasteiger partial charge in [0.2, 0.25) is 0 Å². The quantitative estimate of drug-likeness (QED) is 0.722. The molecule has 5 nitrogen and oxygen atoms in total. The van der Waals surface area contributed by atoms with Crippen LogP contribution in [0.2, 0.25) is 10.0 Å². The standard InChI is InChI=1S/C19H21Cl2N5/c20-16-5-1-3-13(17(16)21)11-25-9-6-14(12-25)18-15-4-2-8-23-19(15)26(24-18)10-7-22/h1-5,8,14H,6-7,9-12,22H2. The van der Waals surface area contributed by atoms with E-state index in [4.69, 9.17) is 34.0 Å². The molecule has 1 fully saturated rings. The molecule has 4 rings (SSSR count). The van der Waals surface area contributed by atoms with Crippen LogP contribution in [0.3, 0.4) is 0 Å². The Bertz CT molecular complexity index is 923. The van der Waals surface area contributed by atoms with E-state index >= 15 is 0 Å². The van der Waals surface area contributed by atoms with Crippen molar-refractivity contribution in [2.75, 3.05) is 19.6 Å². The normalized spacial score (nSPS) is 18.0. The fraction of sp³-hybridized carbons (Fsp3) is 0.368. The topological polar surface area (TPSA) is 60.0 Å². The number of hydrogen-bond donors (Lipinski definition) is 1. The third-order valence-corrected chi connectivity index (χ3v) is 5.82. The molecule has 2 N–H and O–H groups in total. The predicted molar refractivity (Wildman–Crippen MR) is 106 cm³/mol. The van der Waals surface area contributed by atoms with E-state index in [0.717, 1.165) is 48.3 Å². The molecule has 3 aromatic rings. The highest BCUT2D eigenvalue weighted by Gasteiger charge is 2.28. The van der Waals surface area contributed by atoms with E-state index in [1.165, 1.54) is 0 Å². The van der Waals surface area contributed by atoms with Crippen molar-refractivity contribution in [3.05, 3.63) is 57.8 Å². The maximum absolute atomic E-state index is 6.35. The van der Waals surface area contributed by atoms with E-state index in [1.54, 1.807) is 0 Å². The number of aromatic nitrogens is 3. The van der Waals surface area contributed by atoms with Crippen LogP contribution in [0.4, 0.5) is 0 Å². The van der Waals surface area contributed by atoms with Gasteiger partial charge in [0.15, 0.2) is 5.65 Å². The summed E-state index contributed by atoms with van der Waals surface area (Å²) in [5.74, 6) is 0.388. The molecule has 1 aromatic carbocycles. The number of nitrogens with two attached hydrogens (primary N) is 1. The molecule has 26 heavy (non-hydrogen) atoms. The highest BCUT2D eigenvalue weighted by Crippen LogP contribution is 2.33. The van der Waals surface area contributed by atoms with Crippen LogP contribution in [-0.4, -0.2) is 39.3 Å². The summed E-state index contributed by atoms with van der Waals surface area (Å²) in [5.41, 5.74) is 8.84. The Balaban J connectivity index is 1.56. The highest BCUT2D eigenvalue weighted by molar-refractivity contribution is 6.42. The lowest BCUT2D eigenvalue weighted by atomic mass is 10.0. The number of likely N-dealkylation sites (tertiary alicyclic amines) is 1. The lowest BCUT2D eigenvalue weighted by Crippen LogP contribution is -2.20. The summed E-state index contributed by atoms with van der Waals surface area (Å²) in [5, 5.41) is 7.23. The summed E-state index contributed by atoms with van der Waals surface area (Å²) >= 11 is 12.5. The van der Waals surface area contributed by atoms with Gasteiger partial charge in [0, 0.05) is 37.1 Å². The number of fused-ring (bicyclic) bond motifs is 1. The third-order valence-electron chi connectivity index (χ3n) is 4.96. The van der Waals surface area contributed by atoms with Gasteiger partial charge in [0.05, 0.1) is 22.3 Å². The van der Waals surface area contributed by atoms with Crippen molar-refractivity contribution in [2.45, 2.75) is 25.4 Å². The molecule has 136 valence electrons. The Labute approximate surface area is 162 Å². The predicted octanol–water partition coefficient (Wildman–Crippen LogP) is 3.69. The molecule has 7 heteroatoms. The molecule has 2 aromatic heterocycles. The van der Waals surface area contributed by atoms with E-state index in [1.807, 2.05) is 35.1 Å². The molecule has 3 heterocycles. The van der Waals surface area contributed by atoms with E-state index in [0.29, 0.717) is 29.1 Å². The zero-order valence-electron chi connectivity index (χ0n) is 14.4. The van der Waals surface area contributed by atoms with Crippen LogP contribution in [0.1, 0.15) is 23.6 Å². The molecular weight excluding hydrogens is 369 g/mol. The summed E-state index contributed by atoms with van der Waals surface area (Å²) in [4.78, 5) is 6.91. The molecule has 0 saturated carbocycles. The van der Waals surface area contributed by atoms with Crippen molar-refractivity contribution in [1.29, 1.82) is 0 Å². The molecule has 1 unspecified atom stereocenters. The van der Waals surface area contributed by atoms with Gasteiger partial charge in [-0.3, -0.25) is 4.90 Å². The van der Waals surface area contributed by atoms with Crippen molar-refractivity contribution >= 4 is 34.2 Å². The van der Waals surface area contributed by atoms with Crippen LogP contribution in [0.15, 0.2) is 36.5 Å². The molecule has 0 bridgehead atoms.